The highest BCUT2D eigenvalue weighted by molar-refractivity contribution is 9.10. The van der Waals surface area contributed by atoms with Gasteiger partial charge in [0.15, 0.2) is 0 Å². The molecular weight excluding hydrogens is 316 g/mol. The Labute approximate surface area is 130 Å². The molecule has 2 atom stereocenters. The zero-order chi connectivity index (χ0) is 14.9. The third-order valence-corrected chi connectivity index (χ3v) is 4.25. The van der Waals surface area contributed by atoms with Crippen molar-refractivity contribution in [3.63, 3.8) is 0 Å². The van der Waals surface area contributed by atoms with Crippen LogP contribution in [0.4, 0.5) is 5.69 Å². The van der Waals surface area contributed by atoms with E-state index >= 15 is 0 Å². The Kier molecular flexibility index (Phi) is 4.77. The van der Waals surface area contributed by atoms with Gasteiger partial charge in [-0.2, -0.15) is 0 Å². The van der Waals surface area contributed by atoms with E-state index in [2.05, 4.69) is 59.8 Å². The van der Waals surface area contributed by atoms with E-state index in [1.54, 1.807) is 0 Å². The summed E-state index contributed by atoms with van der Waals surface area (Å²) in [6.07, 6.45) is 1.15. The standard InChI is InChI=1S/C16H25BrN2O/c1-11(18)7-13-5-6-14(8-15(13)17)19-9-12(2)20-16(3,4)10-19/h5-6,8,11-12H,7,9-10,18H2,1-4H3. The van der Waals surface area contributed by atoms with Gasteiger partial charge in [0, 0.05) is 29.3 Å². The number of hydrogen-bond acceptors (Lipinski definition) is 3. The Balaban J connectivity index is 2.19. The number of benzene rings is 1. The zero-order valence-electron chi connectivity index (χ0n) is 12.8. The number of hydrogen-bond donors (Lipinski definition) is 1. The minimum absolute atomic E-state index is 0.103. The fraction of sp³-hybridized carbons (Fsp3) is 0.625. The largest absolute Gasteiger partial charge is 0.369 e. The molecule has 2 rings (SSSR count). The molecule has 1 saturated heterocycles. The van der Waals surface area contributed by atoms with Crippen LogP contribution in [0.15, 0.2) is 22.7 Å². The Morgan fingerprint density at radius 1 is 1.50 bits per heavy atom. The monoisotopic (exact) mass is 340 g/mol. The summed E-state index contributed by atoms with van der Waals surface area (Å²) in [5.41, 5.74) is 8.29. The third-order valence-electron chi connectivity index (χ3n) is 3.51. The summed E-state index contributed by atoms with van der Waals surface area (Å²) < 4.78 is 7.10. The van der Waals surface area contributed by atoms with Crippen molar-refractivity contribution in [1.82, 2.24) is 0 Å². The van der Waals surface area contributed by atoms with E-state index in [1.807, 2.05) is 6.92 Å². The molecule has 2 N–H and O–H groups in total. The van der Waals surface area contributed by atoms with Crippen molar-refractivity contribution in [2.45, 2.75) is 51.9 Å². The molecular formula is C16H25BrN2O. The van der Waals surface area contributed by atoms with Crippen molar-refractivity contribution in [2.75, 3.05) is 18.0 Å². The lowest BCUT2D eigenvalue weighted by atomic mass is 10.0. The van der Waals surface area contributed by atoms with Crippen molar-refractivity contribution in [2.24, 2.45) is 5.73 Å². The summed E-state index contributed by atoms with van der Waals surface area (Å²) in [4.78, 5) is 2.40. The van der Waals surface area contributed by atoms with Crippen LogP contribution in [0, 0.1) is 0 Å². The van der Waals surface area contributed by atoms with Gasteiger partial charge in [0.1, 0.15) is 0 Å². The first-order chi connectivity index (χ1) is 9.27. The molecule has 1 heterocycles. The second-order valence-corrected chi connectivity index (χ2v) is 7.38. The Morgan fingerprint density at radius 2 is 2.20 bits per heavy atom. The first kappa shape index (κ1) is 15.8. The van der Waals surface area contributed by atoms with Gasteiger partial charge in [-0.05, 0) is 51.8 Å². The molecule has 1 aromatic rings. The third kappa shape index (κ3) is 3.96. The topological polar surface area (TPSA) is 38.5 Å². The minimum Gasteiger partial charge on any atom is -0.369 e. The maximum Gasteiger partial charge on any atom is 0.0805 e. The molecule has 20 heavy (non-hydrogen) atoms. The molecule has 1 aliphatic heterocycles. The lowest BCUT2D eigenvalue weighted by molar-refractivity contribution is -0.0749. The van der Waals surface area contributed by atoms with Crippen LogP contribution in [0.2, 0.25) is 0 Å². The van der Waals surface area contributed by atoms with E-state index in [4.69, 9.17) is 10.5 Å². The summed E-state index contributed by atoms with van der Waals surface area (Å²) in [6, 6.07) is 6.75. The lowest BCUT2D eigenvalue weighted by Gasteiger charge is -2.43. The number of anilines is 1. The molecule has 0 radical (unpaired) electrons. The summed E-state index contributed by atoms with van der Waals surface area (Å²) in [7, 11) is 0. The zero-order valence-corrected chi connectivity index (χ0v) is 14.4. The van der Waals surface area contributed by atoms with E-state index in [0.29, 0.717) is 0 Å². The van der Waals surface area contributed by atoms with Crippen LogP contribution < -0.4 is 10.6 Å². The van der Waals surface area contributed by atoms with Crippen LogP contribution in [-0.2, 0) is 11.2 Å². The number of nitrogens with zero attached hydrogens (tertiary/aromatic N) is 1. The molecule has 0 aliphatic carbocycles. The van der Waals surface area contributed by atoms with E-state index in [9.17, 15) is 0 Å². The van der Waals surface area contributed by atoms with E-state index in [-0.39, 0.29) is 17.7 Å². The number of morpholine rings is 1. The molecule has 0 saturated carbocycles. The number of ether oxygens (including phenoxy) is 1. The van der Waals surface area contributed by atoms with Gasteiger partial charge in [-0.25, -0.2) is 0 Å². The highest BCUT2D eigenvalue weighted by Crippen LogP contribution is 2.29. The van der Waals surface area contributed by atoms with Crippen LogP contribution >= 0.6 is 15.9 Å². The first-order valence-corrected chi connectivity index (χ1v) is 8.03. The van der Waals surface area contributed by atoms with Crippen molar-refractivity contribution in [3.8, 4) is 0 Å². The van der Waals surface area contributed by atoms with Gasteiger partial charge < -0.3 is 15.4 Å². The van der Waals surface area contributed by atoms with Crippen molar-refractivity contribution >= 4 is 21.6 Å². The minimum atomic E-state index is -0.103. The summed E-state index contributed by atoms with van der Waals surface area (Å²) in [5, 5.41) is 0. The van der Waals surface area contributed by atoms with Crippen molar-refractivity contribution < 1.29 is 4.74 Å². The molecule has 4 heteroatoms. The second kappa shape index (κ2) is 6.04. The SMILES string of the molecule is CC(N)Cc1ccc(N2CC(C)OC(C)(C)C2)cc1Br. The van der Waals surface area contributed by atoms with E-state index in [0.717, 1.165) is 24.0 Å². The fourth-order valence-corrected chi connectivity index (χ4v) is 3.42. The van der Waals surface area contributed by atoms with E-state index < -0.39 is 0 Å². The molecule has 0 spiro atoms. The number of rotatable bonds is 3. The van der Waals surface area contributed by atoms with Gasteiger partial charge in [0.05, 0.1) is 11.7 Å². The van der Waals surface area contributed by atoms with Crippen molar-refractivity contribution in [3.05, 3.63) is 28.2 Å². The molecule has 1 aromatic carbocycles. The smallest absolute Gasteiger partial charge is 0.0805 e. The normalized spacial score (nSPS) is 23.7. The lowest BCUT2D eigenvalue weighted by Crippen LogP contribution is -2.52. The van der Waals surface area contributed by atoms with Crippen LogP contribution in [0.25, 0.3) is 0 Å². The molecule has 112 valence electrons. The first-order valence-electron chi connectivity index (χ1n) is 7.23. The molecule has 0 amide bonds. The molecule has 2 unspecified atom stereocenters. The van der Waals surface area contributed by atoms with Gasteiger partial charge in [-0.1, -0.05) is 22.0 Å². The highest BCUT2D eigenvalue weighted by atomic mass is 79.9. The maximum absolute atomic E-state index is 5.96. The molecule has 3 nitrogen and oxygen atoms in total. The van der Waals surface area contributed by atoms with Crippen LogP contribution in [0.5, 0.6) is 0 Å². The average Bonchev–Trinajstić information content (AvgIpc) is 2.28. The highest BCUT2D eigenvalue weighted by Gasteiger charge is 2.31. The fourth-order valence-electron chi connectivity index (χ4n) is 2.90. The number of nitrogens with two attached hydrogens (primary N) is 1. The predicted octanol–water partition coefficient (Wildman–Crippen LogP) is 3.34. The summed E-state index contributed by atoms with van der Waals surface area (Å²) in [6.45, 7) is 10.3. The molecule has 1 fully saturated rings. The van der Waals surface area contributed by atoms with Crippen LogP contribution in [0.3, 0.4) is 0 Å². The van der Waals surface area contributed by atoms with Gasteiger partial charge in [0.25, 0.3) is 0 Å². The van der Waals surface area contributed by atoms with Gasteiger partial charge in [-0.3, -0.25) is 0 Å². The molecule has 0 aromatic heterocycles. The van der Waals surface area contributed by atoms with Gasteiger partial charge >= 0.3 is 0 Å². The Morgan fingerprint density at radius 3 is 2.75 bits per heavy atom. The second-order valence-electron chi connectivity index (χ2n) is 6.53. The maximum atomic E-state index is 5.96. The van der Waals surface area contributed by atoms with Gasteiger partial charge in [0.2, 0.25) is 0 Å². The quantitative estimate of drug-likeness (QED) is 0.916. The van der Waals surface area contributed by atoms with Gasteiger partial charge in [-0.15, -0.1) is 0 Å². The molecule has 1 aliphatic rings. The number of halogens is 1. The molecule has 0 bridgehead atoms. The van der Waals surface area contributed by atoms with E-state index in [1.165, 1.54) is 11.3 Å². The Bertz CT molecular complexity index is 474. The summed E-state index contributed by atoms with van der Waals surface area (Å²) >= 11 is 3.67. The Hall–Kier alpha value is -0.580. The van der Waals surface area contributed by atoms with Crippen LogP contribution in [-0.4, -0.2) is 30.8 Å². The van der Waals surface area contributed by atoms with Crippen molar-refractivity contribution in [1.29, 1.82) is 0 Å². The average molecular weight is 341 g/mol. The predicted molar refractivity (Wildman–Crippen MR) is 88.3 cm³/mol. The van der Waals surface area contributed by atoms with Crippen LogP contribution in [0.1, 0.15) is 33.3 Å². The summed E-state index contributed by atoms with van der Waals surface area (Å²) in [5.74, 6) is 0.